The number of carbonyl (C=O) groups is 1. The minimum absolute atomic E-state index is 0.266. The highest BCUT2D eigenvalue weighted by Crippen LogP contribution is 2.13. The van der Waals surface area contributed by atoms with Crippen LogP contribution in [0.1, 0.15) is 12.0 Å². The van der Waals surface area contributed by atoms with Crippen molar-refractivity contribution in [1.29, 1.82) is 0 Å². The van der Waals surface area contributed by atoms with Gasteiger partial charge in [-0.05, 0) is 24.7 Å². The lowest BCUT2D eigenvalue weighted by Gasteiger charge is -2.15. The van der Waals surface area contributed by atoms with Gasteiger partial charge in [-0.15, -0.1) is 0 Å². The van der Waals surface area contributed by atoms with Gasteiger partial charge in [-0.2, -0.15) is 0 Å². The third-order valence-corrected chi connectivity index (χ3v) is 2.33. The molecule has 0 heterocycles. The second kappa shape index (κ2) is 6.12. The number of benzene rings is 1. The topological polar surface area (TPSA) is 55.6 Å². The van der Waals surface area contributed by atoms with E-state index in [-0.39, 0.29) is 5.91 Å². The summed E-state index contributed by atoms with van der Waals surface area (Å²) in [4.78, 5) is 12.7. The van der Waals surface area contributed by atoms with Gasteiger partial charge in [-0.1, -0.05) is 12.1 Å². The number of hydrogen-bond donors (Lipinski definition) is 1. The molecule has 1 amide bonds. The Morgan fingerprint density at radius 1 is 1.50 bits per heavy atom. The first-order valence-corrected chi connectivity index (χ1v) is 5.21. The molecule has 0 saturated heterocycles. The number of nitrogens with two attached hydrogens (primary N) is 1. The third kappa shape index (κ3) is 4.31. The van der Waals surface area contributed by atoms with Crippen molar-refractivity contribution in [2.45, 2.75) is 13.0 Å². The van der Waals surface area contributed by atoms with Gasteiger partial charge in [0.15, 0.2) is 0 Å². The molecule has 0 atom stereocenters. The summed E-state index contributed by atoms with van der Waals surface area (Å²) in [6.07, 6.45) is 0.389. The van der Waals surface area contributed by atoms with E-state index in [9.17, 15) is 4.79 Å². The van der Waals surface area contributed by atoms with E-state index in [4.69, 9.17) is 10.5 Å². The molecular weight excluding hydrogens is 204 g/mol. The SMILES string of the molecule is COc1cccc(CN(C)CCC(N)=O)c1. The number of ether oxygens (including phenoxy) is 1. The fourth-order valence-electron chi connectivity index (χ4n) is 1.46. The number of methoxy groups -OCH3 is 1. The molecule has 0 bridgehead atoms. The Bertz CT molecular complexity index is 353. The molecule has 1 rings (SSSR count). The average Bonchev–Trinajstić information content (AvgIpc) is 2.26. The van der Waals surface area contributed by atoms with Crippen LogP contribution in [0.15, 0.2) is 24.3 Å². The van der Waals surface area contributed by atoms with E-state index < -0.39 is 0 Å². The maximum absolute atomic E-state index is 10.6. The summed E-state index contributed by atoms with van der Waals surface area (Å²) in [6.45, 7) is 1.46. The van der Waals surface area contributed by atoms with Crippen LogP contribution in [-0.2, 0) is 11.3 Å². The highest BCUT2D eigenvalue weighted by atomic mass is 16.5. The average molecular weight is 222 g/mol. The normalized spacial score (nSPS) is 10.4. The monoisotopic (exact) mass is 222 g/mol. The Morgan fingerprint density at radius 3 is 2.88 bits per heavy atom. The van der Waals surface area contributed by atoms with Crippen molar-refractivity contribution in [3.05, 3.63) is 29.8 Å². The van der Waals surface area contributed by atoms with Gasteiger partial charge in [0.1, 0.15) is 5.75 Å². The van der Waals surface area contributed by atoms with Crippen LogP contribution in [0.5, 0.6) is 5.75 Å². The molecule has 0 spiro atoms. The molecule has 88 valence electrons. The first-order chi connectivity index (χ1) is 7.61. The minimum atomic E-state index is -0.266. The number of hydrogen-bond acceptors (Lipinski definition) is 3. The number of primary amides is 1. The lowest BCUT2D eigenvalue weighted by atomic mass is 10.2. The Kier molecular flexibility index (Phi) is 4.79. The summed E-state index contributed by atoms with van der Waals surface area (Å²) in [6, 6.07) is 7.88. The van der Waals surface area contributed by atoms with E-state index in [0.29, 0.717) is 13.0 Å². The van der Waals surface area contributed by atoms with Gasteiger partial charge in [-0.25, -0.2) is 0 Å². The number of nitrogens with zero attached hydrogens (tertiary/aromatic N) is 1. The van der Waals surface area contributed by atoms with E-state index in [2.05, 4.69) is 4.90 Å². The molecule has 4 nitrogen and oxygen atoms in total. The first kappa shape index (κ1) is 12.5. The fourth-order valence-corrected chi connectivity index (χ4v) is 1.46. The number of amides is 1. The quantitative estimate of drug-likeness (QED) is 0.781. The standard InChI is InChI=1S/C12H18N2O2/c1-14(7-6-12(13)15)9-10-4-3-5-11(8-10)16-2/h3-5,8H,6-7,9H2,1-2H3,(H2,13,15). The van der Waals surface area contributed by atoms with Crippen molar-refractivity contribution in [2.24, 2.45) is 5.73 Å². The largest absolute Gasteiger partial charge is 0.497 e. The van der Waals surface area contributed by atoms with E-state index in [1.54, 1.807) is 7.11 Å². The molecule has 0 unspecified atom stereocenters. The second-order valence-corrected chi connectivity index (χ2v) is 3.81. The zero-order chi connectivity index (χ0) is 12.0. The molecule has 0 aromatic heterocycles. The molecule has 0 aliphatic rings. The maximum Gasteiger partial charge on any atom is 0.218 e. The summed E-state index contributed by atoms with van der Waals surface area (Å²) < 4.78 is 5.14. The van der Waals surface area contributed by atoms with Gasteiger partial charge in [0, 0.05) is 19.5 Å². The van der Waals surface area contributed by atoms with Crippen LogP contribution in [0, 0.1) is 0 Å². The molecule has 2 N–H and O–H groups in total. The zero-order valence-electron chi connectivity index (χ0n) is 9.77. The molecule has 0 radical (unpaired) electrons. The van der Waals surface area contributed by atoms with Crippen LogP contribution in [0.3, 0.4) is 0 Å². The van der Waals surface area contributed by atoms with Crippen LogP contribution < -0.4 is 10.5 Å². The van der Waals surface area contributed by atoms with Crippen molar-refractivity contribution >= 4 is 5.91 Å². The lowest BCUT2D eigenvalue weighted by Crippen LogP contribution is -2.24. The molecule has 1 aromatic rings. The molecule has 0 aliphatic heterocycles. The van der Waals surface area contributed by atoms with E-state index in [0.717, 1.165) is 17.9 Å². The Morgan fingerprint density at radius 2 is 2.25 bits per heavy atom. The molecule has 0 saturated carbocycles. The summed E-state index contributed by atoms with van der Waals surface area (Å²) in [5, 5.41) is 0. The molecular formula is C12H18N2O2. The van der Waals surface area contributed by atoms with Gasteiger partial charge in [0.05, 0.1) is 7.11 Å². The van der Waals surface area contributed by atoms with Gasteiger partial charge < -0.3 is 15.4 Å². The summed E-state index contributed by atoms with van der Waals surface area (Å²) >= 11 is 0. The predicted molar refractivity (Wildman–Crippen MR) is 63.1 cm³/mol. The Hall–Kier alpha value is -1.55. The predicted octanol–water partition coefficient (Wildman–Crippen LogP) is 1.00. The van der Waals surface area contributed by atoms with Crippen LogP contribution in [0.25, 0.3) is 0 Å². The van der Waals surface area contributed by atoms with E-state index >= 15 is 0 Å². The van der Waals surface area contributed by atoms with Crippen molar-refractivity contribution < 1.29 is 9.53 Å². The highest BCUT2D eigenvalue weighted by molar-refractivity contribution is 5.73. The number of rotatable bonds is 6. The van der Waals surface area contributed by atoms with Crippen molar-refractivity contribution in [3.63, 3.8) is 0 Å². The smallest absolute Gasteiger partial charge is 0.218 e. The van der Waals surface area contributed by atoms with Gasteiger partial charge in [-0.3, -0.25) is 4.79 Å². The van der Waals surface area contributed by atoms with Crippen LogP contribution in [0.2, 0.25) is 0 Å². The van der Waals surface area contributed by atoms with Gasteiger partial charge in [0.2, 0.25) is 5.91 Å². The highest BCUT2D eigenvalue weighted by Gasteiger charge is 2.03. The Labute approximate surface area is 96.0 Å². The van der Waals surface area contributed by atoms with E-state index in [1.807, 2.05) is 31.3 Å². The second-order valence-electron chi connectivity index (χ2n) is 3.81. The van der Waals surface area contributed by atoms with Gasteiger partial charge in [0.25, 0.3) is 0 Å². The Balaban J connectivity index is 2.48. The lowest BCUT2D eigenvalue weighted by molar-refractivity contribution is -0.118. The van der Waals surface area contributed by atoms with Crippen molar-refractivity contribution in [1.82, 2.24) is 4.90 Å². The van der Waals surface area contributed by atoms with Gasteiger partial charge >= 0.3 is 0 Å². The third-order valence-electron chi connectivity index (χ3n) is 2.33. The molecule has 1 aromatic carbocycles. The maximum atomic E-state index is 10.6. The van der Waals surface area contributed by atoms with Crippen molar-refractivity contribution in [2.75, 3.05) is 20.7 Å². The first-order valence-electron chi connectivity index (χ1n) is 5.21. The van der Waals surface area contributed by atoms with E-state index in [1.165, 1.54) is 0 Å². The zero-order valence-corrected chi connectivity index (χ0v) is 9.77. The van der Waals surface area contributed by atoms with Crippen LogP contribution >= 0.6 is 0 Å². The fraction of sp³-hybridized carbons (Fsp3) is 0.417. The minimum Gasteiger partial charge on any atom is -0.497 e. The summed E-state index contributed by atoms with van der Waals surface area (Å²) in [5.41, 5.74) is 6.25. The van der Waals surface area contributed by atoms with Crippen LogP contribution in [0.4, 0.5) is 0 Å². The molecule has 0 fully saturated rings. The molecule has 0 aliphatic carbocycles. The van der Waals surface area contributed by atoms with Crippen molar-refractivity contribution in [3.8, 4) is 5.75 Å². The number of carbonyl (C=O) groups excluding carboxylic acids is 1. The molecule has 4 heteroatoms. The summed E-state index contributed by atoms with van der Waals surface area (Å²) in [7, 11) is 3.61. The summed E-state index contributed by atoms with van der Waals surface area (Å²) in [5.74, 6) is 0.582. The van der Waals surface area contributed by atoms with Crippen LogP contribution in [-0.4, -0.2) is 31.5 Å². The molecule has 16 heavy (non-hydrogen) atoms.